The summed E-state index contributed by atoms with van der Waals surface area (Å²) in [5, 5.41) is 7.57. The fourth-order valence-electron chi connectivity index (χ4n) is 4.16. The number of rotatable bonds is 3. The fraction of sp³-hybridized carbons (Fsp3) is 0.227. The van der Waals surface area contributed by atoms with E-state index in [1.54, 1.807) is 36.9 Å². The van der Waals surface area contributed by atoms with Crippen LogP contribution in [0.3, 0.4) is 0 Å². The first-order valence-corrected chi connectivity index (χ1v) is 10.4. The third-order valence-corrected chi connectivity index (χ3v) is 5.92. The van der Waals surface area contributed by atoms with Gasteiger partial charge in [0.05, 0.1) is 40.7 Å². The minimum Gasteiger partial charge on any atom is -0.366 e. The Kier molecular flexibility index (Phi) is 4.32. The Hall–Kier alpha value is -3.92. The molecule has 6 heterocycles. The SMILES string of the molecule is CN1CCN(c2cncc3[nH]c(-c4n[nH]c5cnc(-c6cccnc6)c(F)c45)nc23)CC1. The highest BCUT2D eigenvalue weighted by molar-refractivity contribution is 5.97. The average molecular weight is 429 g/mol. The molecule has 2 N–H and O–H groups in total. The molecule has 0 spiro atoms. The standard InChI is InChI=1S/C22H20FN9/c1-31-5-7-32(8-6-31)16-12-25-10-15-20(16)28-22(27-15)21-17-14(29-30-21)11-26-19(18(17)23)13-3-2-4-24-9-13/h2-4,9-12H,5-8H2,1H3,(H,27,28)(H,29,30). The van der Waals surface area contributed by atoms with Crippen LogP contribution in [-0.2, 0) is 0 Å². The smallest absolute Gasteiger partial charge is 0.161 e. The van der Waals surface area contributed by atoms with Gasteiger partial charge in [-0.2, -0.15) is 5.10 Å². The zero-order chi connectivity index (χ0) is 21.7. The van der Waals surface area contributed by atoms with E-state index in [0.717, 1.165) is 42.9 Å². The molecule has 0 bridgehead atoms. The lowest BCUT2D eigenvalue weighted by Gasteiger charge is -2.33. The Labute approximate surface area is 182 Å². The predicted octanol–water partition coefficient (Wildman–Crippen LogP) is 2.85. The van der Waals surface area contributed by atoms with E-state index < -0.39 is 5.82 Å². The number of H-pyrrole nitrogens is 2. The number of aromatic amines is 2. The molecule has 0 aliphatic carbocycles. The van der Waals surface area contributed by atoms with E-state index in [1.807, 2.05) is 6.20 Å². The molecule has 0 radical (unpaired) electrons. The van der Waals surface area contributed by atoms with E-state index in [0.29, 0.717) is 28.0 Å². The van der Waals surface area contributed by atoms with Crippen molar-refractivity contribution in [1.82, 2.24) is 40.0 Å². The molecule has 5 aromatic heterocycles. The number of hydrogen-bond donors (Lipinski definition) is 2. The minimum atomic E-state index is -0.461. The molecular formula is C22H20FN9. The molecule has 1 saturated heterocycles. The van der Waals surface area contributed by atoms with Crippen LogP contribution in [-0.4, -0.2) is 73.2 Å². The highest BCUT2D eigenvalue weighted by atomic mass is 19.1. The maximum atomic E-state index is 15.6. The highest BCUT2D eigenvalue weighted by Crippen LogP contribution is 2.33. The molecule has 0 unspecified atom stereocenters. The number of halogens is 1. The lowest BCUT2D eigenvalue weighted by molar-refractivity contribution is 0.313. The van der Waals surface area contributed by atoms with Gasteiger partial charge in [-0.15, -0.1) is 0 Å². The molecule has 0 atom stereocenters. The van der Waals surface area contributed by atoms with Crippen molar-refractivity contribution in [3.8, 4) is 22.8 Å². The van der Waals surface area contributed by atoms with Crippen molar-refractivity contribution in [2.45, 2.75) is 0 Å². The van der Waals surface area contributed by atoms with E-state index >= 15 is 4.39 Å². The van der Waals surface area contributed by atoms with Crippen molar-refractivity contribution in [1.29, 1.82) is 0 Å². The van der Waals surface area contributed by atoms with Gasteiger partial charge in [0.25, 0.3) is 0 Å². The number of nitrogens with one attached hydrogen (secondary N) is 2. The lowest BCUT2D eigenvalue weighted by Crippen LogP contribution is -2.44. The fourth-order valence-corrected chi connectivity index (χ4v) is 4.16. The largest absolute Gasteiger partial charge is 0.366 e. The maximum Gasteiger partial charge on any atom is 0.161 e. The summed E-state index contributed by atoms with van der Waals surface area (Å²) in [7, 11) is 2.12. The first-order valence-electron chi connectivity index (χ1n) is 10.4. The molecule has 10 heteroatoms. The summed E-state index contributed by atoms with van der Waals surface area (Å²) in [5.41, 5.74) is 4.30. The number of anilines is 1. The zero-order valence-electron chi connectivity index (χ0n) is 17.4. The quantitative estimate of drug-likeness (QED) is 0.455. The summed E-state index contributed by atoms with van der Waals surface area (Å²) >= 11 is 0. The minimum absolute atomic E-state index is 0.226. The van der Waals surface area contributed by atoms with E-state index in [1.165, 1.54) is 0 Å². The molecule has 5 aromatic rings. The molecule has 9 nitrogen and oxygen atoms in total. The average Bonchev–Trinajstić information content (AvgIpc) is 3.45. The van der Waals surface area contributed by atoms with Crippen molar-refractivity contribution in [3.05, 3.63) is 48.9 Å². The number of hydrogen-bond acceptors (Lipinski definition) is 7. The van der Waals surface area contributed by atoms with E-state index in [-0.39, 0.29) is 5.69 Å². The van der Waals surface area contributed by atoms with Crippen LogP contribution in [0.5, 0.6) is 0 Å². The van der Waals surface area contributed by atoms with Crippen molar-refractivity contribution in [3.63, 3.8) is 0 Å². The molecule has 160 valence electrons. The molecule has 0 aromatic carbocycles. The van der Waals surface area contributed by atoms with Crippen molar-refractivity contribution >= 4 is 27.6 Å². The number of nitrogens with zero attached hydrogens (tertiary/aromatic N) is 7. The summed E-state index contributed by atoms with van der Waals surface area (Å²) in [6, 6.07) is 3.53. The van der Waals surface area contributed by atoms with E-state index in [9.17, 15) is 0 Å². The van der Waals surface area contributed by atoms with Crippen LogP contribution in [0, 0.1) is 5.82 Å². The van der Waals surface area contributed by atoms with Gasteiger partial charge in [-0.1, -0.05) is 0 Å². The van der Waals surface area contributed by atoms with Crippen LogP contribution < -0.4 is 4.90 Å². The van der Waals surface area contributed by atoms with Gasteiger partial charge in [0.2, 0.25) is 0 Å². The second kappa shape index (κ2) is 7.34. The van der Waals surface area contributed by atoms with Gasteiger partial charge < -0.3 is 14.8 Å². The van der Waals surface area contributed by atoms with E-state index in [4.69, 9.17) is 4.98 Å². The van der Waals surface area contributed by atoms with Crippen LogP contribution in [0.25, 0.3) is 44.7 Å². The number of likely N-dealkylation sites (N-methyl/N-ethyl adjacent to an activating group) is 1. The molecule has 32 heavy (non-hydrogen) atoms. The van der Waals surface area contributed by atoms with E-state index in [2.05, 4.69) is 47.0 Å². The Morgan fingerprint density at radius 1 is 0.969 bits per heavy atom. The van der Waals surface area contributed by atoms with Crippen LogP contribution in [0.15, 0.2) is 43.1 Å². The predicted molar refractivity (Wildman–Crippen MR) is 120 cm³/mol. The highest BCUT2D eigenvalue weighted by Gasteiger charge is 2.23. The third-order valence-electron chi connectivity index (χ3n) is 5.92. The Balaban J connectivity index is 1.48. The molecular weight excluding hydrogens is 409 g/mol. The van der Waals surface area contributed by atoms with Gasteiger partial charge in [0.15, 0.2) is 11.6 Å². The van der Waals surface area contributed by atoms with Crippen LogP contribution >= 0.6 is 0 Å². The van der Waals surface area contributed by atoms with Crippen molar-refractivity contribution < 1.29 is 4.39 Å². The monoisotopic (exact) mass is 429 g/mol. The van der Waals surface area contributed by atoms with Gasteiger partial charge in [-0.05, 0) is 19.2 Å². The summed E-state index contributed by atoms with van der Waals surface area (Å²) < 4.78 is 15.6. The van der Waals surface area contributed by atoms with Gasteiger partial charge >= 0.3 is 0 Å². The molecule has 1 aliphatic heterocycles. The molecule has 1 fully saturated rings. The topological polar surface area (TPSA) is 103 Å². The van der Waals surface area contributed by atoms with Gasteiger partial charge in [-0.3, -0.25) is 20.1 Å². The van der Waals surface area contributed by atoms with Gasteiger partial charge in [0.1, 0.15) is 16.9 Å². The second-order valence-electron chi connectivity index (χ2n) is 7.95. The van der Waals surface area contributed by atoms with Crippen LogP contribution in [0.4, 0.5) is 10.1 Å². The van der Waals surface area contributed by atoms with Crippen LogP contribution in [0.1, 0.15) is 0 Å². The summed E-state index contributed by atoms with van der Waals surface area (Å²) in [4.78, 5) is 25.4. The Bertz CT molecular complexity index is 1420. The normalized spacial score (nSPS) is 15.1. The Morgan fingerprint density at radius 2 is 1.84 bits per heavy atom. The summed E-state index contributed by atoms with van der Waals surface area (Å²) in [5.74, 6) is 0.0222. The number of aromatic nitrogens is 7. The van der Waals surface area contributed by atoms with Gasteiger partial charge in [-0.25, -0.2) is 9.37 Å². The maximum absolute atomic E-state index is 15.6. The van der Waals surface area contributed by atoms with Crippen molar-refractivity contribution in [2.75, 3.05) is 38.1 Å². The summed E-state index contributed by atoms with van der Waals surface area (Å²) in [6.45, 7) is 3.76. The number of fused-ring (bicyclic) bond motifs is 2. The molecule has 0 saturated carbocycles. The lowest BCUT2D eigenvalue weighted by atomic mass is 10.1. The van der Waals surface area contributed by atoms with Crippen molar-refractivity contribution in [2.24, 2.45) is 0 Å². The Morgan fingerprint density at radius 3 is 2.66 bits per heavy atom. The van der Waals surface area contributed by atoms with Crippen LogP contribution in [0.2, 0.25) is 0 Å². The molecule has 6 rings (SSSR count). The number of pyridine rings is 3. The first-order chi connectivity index (χ1) is 15.7. The number of piperazine rings is 1. The number of imidazole rings is 1. The second-order valence-corrected chi connectivity index (χ2v) is 7.95. The zero-order valence-corrected chi connectivity index (χ0v) is 17.4. The molecule has 0 amide bonds. The summed E-state index contributed by atoms with van der Waals surface area (Å²) in [6.07, 6.45) is 8.39. The third kappa shape index (κ3) is 2.99. The first kappa shape index (κ1) is 18.8. The molecule has 1 aliphatic rings. The van der Waals surface area contributed by atoms with Gasteiger partial charge in [0, 0.05) is 44.1 Å².